The molecule has 0 aliphatic rings. The molecule has 0 spiro atoms. The van der Waals surface area contributed by atoms with Gasteiger partial charge in [0, 0.05) is 6.54 Å². The van der Waals surface area contributed by atoms with Crippen LogP contribution in [0.2, 0.25) is 0 Å². The smallest absolute Gasteiger partial charge is 0.320 e. The summed E-state index contributed by atoms with van der Waals surface area (Å²) < 4.78 is 0. The molecule has 0 unspecified atom stereocenters. The van der Waals surface area contributed by atoms with Gasteiger partial charge in [-0.25, -0.2) is 0 Å². The zero-order valence-electron chi connectivity index (χ0n) is 9.81. The van der Waals surface area contributed by atoms with Crippen molar-refractivity contribution in [3.63, 3.8) is 0 Å². The third-order valence-corrected chi connectivity index (χ3v) is 2.85. The van der Waals surface area contributed by atoms with E-state index >= 15 is 0 Å². The minimum atomic E-state index is -0.773. The fourth-order valence-corrected chi connectivity index (χ4v) is 1.59. The Kier molecular flexibility index (Phi) is 4.99. The first-order valence-electron chi connectivity index (χ1n) is 5.65. The SMILES string of the molecule is CC[C@H](C)[C@@H](NCc1ccccc1)C(=O)O. The summed E-state index contributed by atoms with van der Waals surface area (Å²) >= 11 is 0. The van der Waals surface area contributed by atoms with Gasteiger partial charge in [0.25, 0.3) is 0 Å². The molecule has 1 rings (SSSR count). The number of hydrogen-bond acceptors (Lipinski definition) is 2. The number of nitrogens with one attached hydrogen (secondary N) is 1. The van der Waals surface area contributed by atoms with Crippen LogP contribution in [0.3, 0.4) is 0 Å². The predicted molar refractivity (Wildman–Crippen MR) is 64.2 cm³/mol. The highest BCUT2D eigenvalue weighted by molar-refractivity contribution is 5.73. The Morgan fingerprint density at radius 2 is 2.00 bits per heavy atom. The second-order valence-electron chi connectivity index (χ2n) is 4.07. The third kappa shape index (κ3) is 3.66. The van der Waals surface area contributed by atoms with Crippen molar-refractivity contribution in [2.75, 3.05) is 0 Å². The van der Waals surface area contributed by atoms with Gasteiger partial charge in [-0.2, -0.15) is 0 Å². The van der Waals surface area contributed by atoms with Crippen LogP contribution in [0, 0.1) is 5.92 Å². The molecule has 1 aromatic rings. The first kappa shape index (κ1) is 12.7. The highest BCUT2D eigenvalue weighted by atomic mass is 16.4. The van der Waals surface area contributed by atoms with Gasteiger partial charge in [-0.3, -0.25) is 4.79 Å². The molecule has 0 saturated heterocycles. The number of carboxylic acids is 1. The maximum absolute atomic E-state index is 11.1. The second-order valence-corrected chi connectivity index (χ2v) is 4.07. The number of hydrogen-bond donors (Lipinski definition) is 2. The van der Waals surface area contributed by atoms with Crippen molar-refractivity contribution in [3.05, 3.63) is 35.9 Å². The molecule has 0 aromatic heterocycles. The van der Waals surface area contributed by atoms with Gasteiger partial charge in [0.05, 0.1) is 0 Å². The molecule has 0 radical (unpaired) electrons. The van der Waals surface area contributed by atoms with Crippen LogP contribution in [0.25, 0.3) is 0 Å². The Labute approximate surface area is 96.5 Å². The highest BCUT2D eigenvalue weighted by Gasteiger charge is 2.22. The Morgan fingerprint density at radius 3 is 2.50 bits per heavy atom. The monoisotopic (exact) mass is 221 g/mol. The summed E-state index contributed by atoms with van der Waals surface area (Å²) in [5.74, 6) is -0.633. The predicted octanol–water partition coefficient (Wildman–Crippen LogP) is 2.28. The number of carbonyl (C=O) groups is 1. The number of rotatable bonds is 6. The second kappa shape index (κ2) is 6.28. The Bertz CT molecular complexity index is 324. The fraction of sp³-hybridized carbons (Fsp3) is 0.462. The maximum Gasteiger partial charge on any atom is 0.320 e. The van der Waals surface area contributed by atoms with Crippen molar-refractivity contribution in [1.29, 1.82) is 0 Å². The van der Waals surface area contributed by atoms with Crippen molar-refractivity contribution in [3.8, 4) is 0 Å². The van der Waals surface area contributed by atoms with E-state index in [4.69, 9.17) is 5.11 Å². The zero-order valence-corrected chi connectivity index (χ0v) is 9.81. The fourth-order valence-electron chi connectivity index (χ4n) is 1.59. The Balaban J connectivity index is 2.54. The van der Waals surface area contributed by atoms with Crippen LogP contribution in [0.15, 0.2) is 30.3 Å². The lowest BCUT2D eigenvalue weighted by Gasteiger charge is -2.20. The van der Waals surface area contributed by atoms with Gasteiger partial charge in [-0.15, -0.1) is 0 Å². The molecule has 0 fully saturated rings. The summed E-state index contributed by atoms with van der Waals surface area (Å²) in [6.45, 7) is 4.56. The molecule has 1 aromatic carbocycles. The molecule has 0 aliphatic heterocycles. The quantitative estimate of drug-likeness (QED) is 0.774. The van der Waals surface area contributed by atoms with Crippen LogP contribution >= 0.6 is 0 Å². The van der Waals surface area contributed by atoms with Gasteiger partial charge < -0.3 is 10.4 Å². The number of carboxylic acid groups (broad SMARTS) is 1. The minimum absolute atomic E-state index is 0.140. The molecule has 0 amide bonds. The first-order chi connectivity index (χ1) is 7.65. The summed E-state index contributed by atoms with van der Waals surface area (Å²) in [5.41, 5.74) is 1.11. The molecular weight excluding hydrogens is 202 g/mol. The molecule has 16 heavy (non-hydrogen) atoms. The topological polar surface area (TPSA) is 49.3 Å². The Hall–Kier alpha value is -1.35. The third-order valence-electron chi connectivity index (χ3n) is 2.85. The van der Waals surface area contributed by atoms with E-state index in [2.05, 4.69) is 5.32 Å². The molecule has 0 aliphatic carbocycles. The lowest BCUT2D eigenvalue weighted by Crippen LogP contribution is -2.41. The van der Waals surface area contributed by atoms with E-state index in [1.807, 2.05) is 44.2 Å². The molecule has 0 saturated carbocycles. The number of aliphatic carboxylic acids is 1. The van der Waals surface area contributed by atoms with E-state index in [-0.39, 0.29) is 5.92 Å². The van der Waals surface area contributed by atoms with Gasteiger partial charge >= 0.3 is 5.97 Å². The molecule has 2 atom stereocenters. The summed E-state index contributed by atoms with van der Waals surface area (Å²) in [6, 6.07) is 9.37. The van der Waals surface area contributed by atoms with Crippen molar-refractivity contribution < 1.29 is 9.90 Å². The highest BCUT2D eigenvalue weighted by Crippen LogP contribution is 2.09. The Morgan fingerprint density at radius 1 is 1.38 bits per heavy atom. The van der Waals surface area contributed by atoms with Crippen molar-refractivity contribution in [2.45, 2.75) is 32.9 Å². The minimum Gasteiger partial charge on any atom is -0.480 e. The molecular formula is C13H19NO2. The molecule has 3 heteroatoms. The van der Waals surface area contributed by atoms with Gasteiger partial charge in [0.2, 0.25) is 0 Å². The van der Waals surface area contributed by atoms with Crippen LogP contribution in [0.5, 0.6) is 0 Å². The van der Waals surface area contributed by atoms with E-state index in [9.17, 15) is 4.79 Å². The van der Waals surface area contributed by atoms with E-state index in [0.717, 1.165) is 12.0 Å². The van der Waals surface area contributed by atoms with Crippen LogP contribution in [-0.2, 0) is 11.3 Å². The molecule has 3 nitrogen and oxygen atoms in total. The molecule has 2 N–H and O–H groups in total. The largest absolute Gasteiger partial charge is 0.480 e. The molecule has 88 valence electrons. The first-order valence-corrected chi connectivity index (χ1v) is 5.65. The summed E-state index contributed by atoms with van der Waals surface area (Å²) in [6.07, 6.45) is 0.860. The van der Waals surface area contributed by atoms with E-state index in [0.29, 0.717) is 6.54 Å². The van der Waals surface area contributed by atoms with Gasteiger partial charge in [-0.05, 0) is 11.5 Å². The average Bonchev–Trinajstić information content (AvgIpc) is 2.30. The van der Waals surface area contributed by atoms with Gasteiger partial charge in [0.15, 0.2) is 0 Å². The summed E-state index contributed by atoms with van der Waals surface area (Å²) in [4.78, 5) is 11.1. The van der Waals surface area contributed by atoms with E-state index in [1.165, 1.54) is 0 Å². The standard InChI is InChI=1S/C13H19NO2/c1-3-10(2)12(13(15)16)14-9-11-7-5-4-6-8-11/h4-8,10,12,14H,3,9H2,1-2H3,(H,15,16)/t10-,12+/m0/s1. The van der Waals surface area contributed by atoms with Crippen LogP contribution in [-0.4, -0.2) is 17.1 Å². The van der Waals surface area contributed by atoms with Crippen molar-refractivity contribution >= 4 is 5.97 Å². The summed E-state index contributed by atoms with van der Waals surface area (Å²) in [5, 5.41) is 12.2. The maximum atomic E-state index is 11.1. The lowest BCUT2D eigenvalue weighted by molar-refractivity contribution is -0.140. The van der Waals surface area contributed by atoms with Gasteiger partial charge in [0.1, 0.15) is 6.04 Å². The molecule has 0 bridgehead atoms. The van der Waals surface area contributed by atoms with E-state index in [1.54, 1.807) is 0 Å². The molecule has 0 heterocycles. The van der Waals surface area contributed by atoms with Crippen molar-refractivity contribution in [1.82, 2.24) is 5.32 Å². The zero-order chi connectivity index (χ0) is 12.0. The van der Waals surface area contributed by atoms with Crippen LogP contribution in [0.1, 0.15) is 25.8 Å². The summed E-state index contributed by atoms with van der Waals surface area (Å²) in [7, 11) is 0. The average molecular weight is 221 g/mol. The van der Waals surface area contributed by atoms with Crippen molar-refractivity contribution in [2.24, 2.45) is 5.92 Å². The van der Waals surface area contributed by atoms with E-state index < -0.39 is 12.0 Å². The number of benzene rings is 1. The van der Waals surface area contributed by atoms with Crippen LogP contribution < -0.4 is 5.32 Å². The normalized spacial score (nSPS) is 14.4. The lowest BCUT2D eigenvalue weighted by atomic mass is 9.99. The van der Waals surface area contributed by atoms with Gasteiger partial charge in [-0.1, -0.05) is 50.6 Å². The van der Waals surface area contributed by atoms with Crippen LogP contribution in [0.4, 0.5) is 0 Å².